The van der Waals surface area contributed by atoms with Gasteiger partial charge in [-0.15, -0.1) is 0 Å². The molecule has 0 fully saturated rings. The molecule has 0 spiro atoms. The molecule has 0 heterocycles. The highest BCUT2D eigenvalue weighted by molar-refractivity contribution is 5.95. The van der Waals surface area contributed by atoms with Gasteiger partial charge in [-0.25, -0.2) is 8.78 Å². The van der Waals surface area contributed by atoms with Crippen LogP contribution in [-0.2, 0) is 0 Å². The molecule has 2 nitrogen and oxygen atoms in total. The number of phenols is 1. The Labute approximate surface area is 85.2 Å². The van der Waals surface area contributed by atoms with E-state index in [4.69, 9.17) is 0 Å². The second-order valence-corrected chi connectivity index (χ2v) is 3.20. The minimum Gasteiger partial charge on any atom is -0.508 e. The molecule has 0 aliphatic carbocycles. The lowest BCUT2D eigenvalue weighted by Gasteiger charge is -2.08. The van der Waals surface area contributed by atoms with Crippen molar-refractivity contribution in [1.29, 1.82) is 0 Å². The van der Waals surface area contributed by atoms with E-state index in [-0.39, 0.29) is 11.4 Å². The first-order valence-electron chi connectivity index (χ1n) is 4.42. The summed E-state index contributed by atoms with van der Waals surface area (Å²) in [5.74, 6) is -1.82. The highest BCUT2D eigenvalue weighted by Gasteiger charge is 2.12. The Morgan fingerprint density at radius 1 is 1.20 bits per heavy atom. The van der Waals surface area contributed by atoms with Crippen LogP contribution in [0, 0.1) is 11.6 Å². The Balaban J connectivity index is 2.88. The molecule has 78 valence electrons. The Hall–Kier alpha value is -1.84. The molecule has 0 bridgehead atoms. The quantitative estimate of drug-likeness (QED) is 0.756. The van der Waals surface area contributed by atoms with Crippen molar-refractivity contribution in [3.63, 3.8) is 0 Å². The second-order valence-electron chi connectivity index (χ2n) is 3.20. The van der Waals surface area contributed by atoms with Crippen LogP contribution in [0.15, 0.2) is 24.3 Å². The van der Waals surface area contributed by atoms with Gasteiger partial charge in [-0.1, -0.05) is 0 Å². The first-order valence-corrected chi connectivity index (χ1v) is 4.42. The third-order valence-corrected chi connectivity index (χ3v) is 2.27. The Morgan fingerprint density at radius 3 is 2.60 bits per heavy atom. The first kappa shape index (κ1) is 9.71. The summed E-state index contributed by atoms with van der Waals surface area (Å²) in [6, 6.07) is 5.42. The summed E-state index contributed by atoms with van der Waals surface area (Å²) in [4.78, 5) is 0. The standard InChI is InChI=1S/C11H9F2NO/c1-14-11-8-3-2-7(15)4-6(8)5-9(12)10(11)13/h2-5,14-15H,1H3. The third-order valence-electron chi connectivity index (χ3n) is 2.27. The van der Waals surface area contributed by atoms with Gasteiger partial charge in [0.1, 0.15) is 5.75 Å². The van der Waals surface area contributed by atoms with Crippen molar-refractivity contribution in [2.24, 2.45) is 0 Å². The molecule has 0 radical (unpaired) electrons. The number of fused-ring (bicyclic) bond motifs is 1. The topological polar surface area (TPSA) is 32.3 Å². The van der Waals surface area contributed by atoms with Crippen LogP contribution in [0.1, 0.15) is 0 Å². The van der Waals surface area contributed by atoms with Crippen LogP contribution in [0.25, 0.3) is 10.8 Å². The van der Waals surface area contributed by atoms with E-state index in [0.29, 0.717) is 10.8 Å². The van der Waals surface area contributed by atoms with Crippen molar-refractivity contribution in [3.8, 4) is 5.75 Å². The number of anilines is 1. The van der Waals surface area contributed by atoms with Crippen molar-refractivity contribution in [3.05, 3.63) is 35.9 Å². The number of hydrogen-bond donors (Lipinski definition) is 2. The lowest BCUT2D eigenvalue weighted by atomic mass is 10.1. The Morgan fingerprint density at radius 2 is 1.93 bits per heavy atom. The van der Waals surface area contributed by atoms with Gasteiger partial charge in [-0.05, 0) is 29.7 Å². The Kier molecular flexibility index (Phi) is 2.19. The molecule has 4 heteroatoms. The SMILES string of the molecule is CNc1c(F)c(F)cc2cc(O)ccc12. The normalized spacial score (nSPS) is 10.6. The van der Waals surface area contributed by atoms with Crippen molar-refractivity contribution in [2.75, 3.05) is 12.4 Å². The van der Waals surface area contributed by atoms with Crippen LogP contribution in [0.2, 0.25) is 0 Å². The number of phenolic OH excluding ortho intramolecular Hbond substituents is 1. The fraction of sp³-hybridized carbons (Fsp3) is 0.0909. The molecule has 0 amide bonds. The molecule has 2 aromatic rings. The number of hydrogen-bond acceptors (Lipinski definition) is 2. The molecule has 0 aliphatic heterocycles. The van der Waals surface area contributed by atoms with Crippen LogP contribution >= 0.6 is 0 Å². The van der Waals surface area contributed by atoms with Gasteiger partial charge in [0, 0.05) is 12.4 Å². The van der Waals surface area contributed by atoms with E-state index in [0.717, 1.165) is 6.07 Å². The predicted octanol–water partition coefficient (Wildman–Crippen LogP) is 2.87. The van der Waals surface area contributed by atoms with E-state index in [2.05, 4.69) is 5.32 Å². The zero-order chi connectivity index (χ0) is 11.0. The van der Waals surface area contributed by atoms with E-state index in [9.17, 15) is 13.9 Å². The fourth-order valence-corrected chi connectivity index (χ4v) is 1.58. The molecule has 2 N–H and O–H groups in total. The second kappa shape index (κ2) is 3.38. The largest absolute Gasteiger partial charge is 0.508 e. The van der Waals surface area contributed by atoms with E-state index in [1.165, 1.54) is 19.2 Å². The van der Waals surface area contributed by atoms with Gasteiger partial charge in [0.15, 0.2) is 11.6 Å². The predicted molar refractivity (Wildman–Crippen MR) is 55.1 cm³/mol. The average Bonchev–Trinajstić information content (AvgIpc) is 2.20. The van der Waals surface area contributed by atoms with Gasteiger partial charge >= 0.3 is 0 Å². The van der Waals surface area contributed by atoms with Crippen LogP contribution in [0.4, 0.5) is 14.5 Å². The van der Waals surface area contributed by atoms with Gasteiger partial charge in [-0.2, -0.15) is 0 Å². The monoisotopic (exact) mass is 209 g/mol. The van der Waals surface area contributed by atoms with Gasteiger partial charge in [-0.3, -0.25) is 0 Å². The van der Waals surface area contributed by atoms with Crippen LogP contribution in [0.3, 0.4) is 0 Å². The minimum atomic E-state index is -0.933. The maximum atomic E-state index is 13.3. The van der Waals surface area contributed by atoms with Gasteiger partial charge < -0.3 is 10.4 Å². The molecule has 0 atom stereocenters. The van der Waals surface area contributed by atoms with Crippen LogP contribution in [-0.4, -0.2) is 12.2 Å². The van der Waals surface area contributed by atoms with Gasteiger partial charge in [0.2, 0.25) is 0 Å². The third kappa shape index (κ3) is 1.48. The van der Waals surface area contributed by atoms with Crippen LogP contribution in [0.5, 0.6) is 5.75 Å². The summed E-state index contributed by atoms with van der Waals surface area (Å²) in [5.41, 5.74) is 0.102. The summed E-state index contributed by atoms with van der Waals surface area (Å²) in [6.07, 6.45) is 0. The molecular formula is C11H9F2NO. The molecule has 0 saturated heterocycles. The van der Waals surface area contributed by atoms with E-state index >= 15 is 0 Å². The molecule has 2 aromatic carbocycles. The number of benzene rings is 2. The molecule has 15 heavy (non-hydrogen) atoms. The lowest BCUT2D eigenvalue weighted by Crippen LogP contribution is -1.97. The summed E-state index contributed by atoms with van der Waals surface area (Å²) in [6.45, 7) is 0. The summed E-state index contributed by atoms with van der Waals surface area (Å²) in [5, 5.41) is 12.8. The maximum Gasteiger partial charge on any atom is 0.182 e. The van der Waals surface area contributed by atoms with E-state index in [1.807, 2.05) is 0 Å². The van der Waals surface area contributed by atoms with Gasteiger partial charge in [0.05, 0.1) is 5.69 Å². The lowest BCUT2D eigenvalue weighted by molar-refractivity contribution is 0.476. The molecule has 0 aromatic heterocycles. The molecule has 2 rings (SSSR count). The Bertz CT molecular complexity index is 525. The highest BCUT2D eigenvalue weighted by atomic mass is 19.2. The summed E-state index contributed by atoms with van der Waals surface area (Å²) < 4.78 is 26.5. The molecule has 0 unspecified atom stereocenters. The maximum absolute atomic E-state index is 13.3. The highest BCUT2D eigenvalue weighted by Crippen LogP contribution is 2.30. The average molecular weight is 209 g/mol. The van der Waals surface area contributed by atoms with Gasteiger partial charge in [0.25, 0.3) is 0 Å². The van der Waals surface area contributed by atoms with Crippen molar-refractivity contribution in [2.45, 2.75) is 0 Å². The first-order chi connectivity index (χ1) is 7.13. The van der Waals surface area contributed by atoms with Crippen molar-refractivity contribution < 1.29 is 13.9 Å². The van der Waals surface area contributed by atoms with Crippen molar-refractivity contribution >= 4 is 16.5 Å². The minimum absolute atomic E-state index is 0.0237. The summed E-state index contributed by atoms with van der Waals surface area (Å²) in [7, 11) is 1.52. The van der Waals surface area contributed by atoms with E-state index in [1.54, 1.807) is 6.07 Å². The smallest absolute Gasteiger partial charge is 0.182 e. The van der Waals surface area contributed by atoms with Crippen molar-refractivity contribution in [1.82, 2.24) is 0 Å². The molecule has 0 aliphatic rings. The fourth-order valence-electron chi connectivity index (χ4n) is 1.58. The van der Waals surface area contributed by atoms with Crippen LogP contribution < -0.4 is 5.32 Å². The zero-order valence-electron chi connectivity index (χ0n) is 8.01. The number of halogens is 2. The number of nitrogens with one attached hydrogen (secondary N) is 1. The number of rotatable bonds is 1. The molecular weight excluding hydrogens is 200 g/mol. The molecule has 0 saturated carbocycles. The van der Waals surface area contributed by atoms with E-state index < -0.39 is 11.6 Å². The number of aromatic hydroxyl groups is 1. The zero-order valence-corrected chi connectivity index (χ0v) is 8.01. The summed E-state index contributed by atoms with van der Waals surface area (Å²) >= 11 is 0.